The number of benzene rings is 1. The summed E-state index contributed by atoms with van der Waals surface area (Å²) >= 11 is 0. The maximum atomic E-state index is 12.9. The summed E-state index contributed by atoms with van der Waals surface area (Å²) in [6.45, 7) is 3.77. The van der Waals surface area contributed by atoms with Crippen molar-refractivity contribution in [2.45, 2.75) is 4.90 Å². The van der Waals surface area contributed by atoms with Crippen LogP contribution in [0.25, 0.3) is 0 Å². The molecule has 2 fully saturated rings. The molecule has 0 bridgehead atoms. The van der Waals surface area contributed by atoms with Gasteiger partial charge in [-0.25, -0.2) is 13.1 Å². The van der Waals surface area contributed by atoms with Crippen LogP contribution in [0.15, 0.2) is 29.2 Å². The van der Waals surface area contributed by atoms with Gasteiger partial charge < -0.3 is 14.5 Å². The maximum absolute atomic E-state index is 12.9. The van der Waals surface area contributed by atoms with Gasteiger partial charge in [-0.05, 0) is 31.3 Å². The minimum Gasteiger partial charge on any atom is -0.383 e. The van der Waals surface area contributed by atoms with Gasteiger partial charge in [-0.15, -0.1) is 0 Å². The minimum absolute atomic E-state index is 0.0632. The monoisotopic (exact) mass is 489 g/mol. The number of nitrogens with one attached hydrogen (secondary N) is 1. The van der Waals surface area contributed by atoms with Crippen molar-refractivity contribution in [2.24, 2.45) is 0 Å². The molecule has 2 aliphatic heterocycles. The van der Waals surface area contributed by atoms with Crippen molar-refractivity contribution in [3.63, 3.8) is 0 Å². The summed E-state index contributed by atoms with van der Waals surface area (Å²) in [7, 11) is -3.76. The van der Waals surface area contributed by atoms with Crippen LogP contribution in [-0.4, -0.2) is 121 Å². The number of hydrogen-bond acceptors (Lipinski definition) is 7. The van der Waals surface area contributed by atoms with Crippen LogP contribution in [-0.2, 0) is 25.0 Å². The molecule has 1 aromatic rings. The SMILES string of the molecule is COCCNS(=O)(=O)c1ccc(C(=O)N2CCN(S(=O)(=O)N3CCN(C)CC3)CC2)cc1. The third-order valence-electron chi connectivity index (χ3n) is 5.65. The van der Waals surface area contributed by atoms with Crippen LogP contribution in [0.3, 0.4) is 0 Å². The summed E-state index contributed by atoms with van der Waals surface area (Å²) in [4.78, 5) is 16.6. The zero-order valence-corrected chi connectivity index (χ0v) is 20.1. The van der Waals surface area contributed by atoms with Crippen LogP contribution >= 0.6 is 0 Å². The molecule has 3 rings (SSSR count). The summed E-state index contributed by atoms with van der Waals surface area (Å²) in [5, 5.41) is 0. The number of piperazine rings is 2. The number of ether oxygens (including phenoxy) is 1. The van der Waals surface area contributed by atoms with E-state index in [2.05, 4.69) is 9.62 Å². The van der Waals surface area contributed by atoms with E-state index in [0.717, 1.165) is 0 Å². The summed E-state index contributed by atoms with van der Waals surface area (Å²) in [5.41, 5.74) is 0.358. The molecule has 2 saturated heterocycles. The Labute approximate surface area is 190 Å². The standard InChI is InChI=1S/C19H31N5O6S2/c1-21-8-12-23(13-9-21)32(28,29)24-14-10-22(11-15-24)19(25)17-3-5-18(6-4-17)31(26,27)20-7-16-30-2/h3-6,20H,7-16H2,1-2H3. The fourth-order valence-corrected chi connectivity index (χ4v) is 6.21. The number of likely N-dealkylation sites (N-methyl/N-ethyl adjacent to an activating group) is 1. The number of nitrogens with zero attached hydrogens (tertiary/aromatic N) is 4. The highest BCUT2D eigenvalue weighted by molar-refractivity contribution is 7.89. The molecule has 1 N–H and O–H groups in total. The number of hydrogen-bond donors (Lipinski definition) is 1. The Morgan fingerprint density at radius 3 is 1.97 bits per heavy atom. The highest BCUT2D eigenvalue weighted by Crippen LogP contribution is 2.17. The lowest BCUT2D eigenvalue weighted by molar-refractivity contribution is 0.0692. The van der Waals surface area contributed by atoms with Crippen LogP contribution in [0.4, 0.5) is 0 Å². The van der Waals surface area contributed by atoms with Gasteiger partial charge in [0.15, 0.2) is 0 Å². The van der Waals surface area contributed by atoms with E-state index in [9.17, 15) is 21.6 Å². The van der Waals surface area contributed by atoms with Gasteiger partial charge in [0.05, 0.1) is 11.5 Å². The Morgan fingerprint density at radius 1 is 0.906 bits per heavy atom. The topological polar surface area (TPSA) is 120 Å². The lowest BCUT2D eigenvalue weighted by atomic mass is 10.2. The molecule has 1 amide bonds. The van der Waals surface area contributed by atoms with E-state index >= 15 is 0 Å². The number of carbonyl (C=O) groups excluding carboxylic acids is 1. The van der Waals surface area contributed by atoms with Crippen LogP contribution in [0, 0.1) is 0 Å². The van der Waals surface area contributed by atoms with Gasteiger partial charge in [0.2, 0.25) is 10.0 Å². The smallest absolute Gasteiger partial charge is 0.282 e. The summed E-state index contributed by atoms with van der Waals surface area (Å²) < 4.78 is 60.4. The van der Waals surface area contributed by atoms with Gasteiger partial charge in [0.1, 0.15) is 0 Å². The average Bonchev–Trinajstić information content (AvgIpc) is 2.79. The average molecular weight is 490 g/mol. The molecular formula is C19H31N5O6S2. The zero-order valence-electron chi connectivity index (χ0n) is 18.4. The largest absolute Gasteiger partial charge is 0.383 e. The number of methoxy groups -OCH3 is 1. The highest BCUT2D eigenvalue weighted by atomic mass is 32.2. The quantitative estimate of drug-likeness (QED) is 0.459. The Bertz CT molecular complexity index is 984. The Balaban J connectivity index is 1.57. The van der Waals surface area contributed by atoms with Crippen LogP contribution in [0.5, 0.6) is 0 Å². The van der Waals surface area contributed by atoms with E-state index in [4.69, 9.17) is 4.74 Å². The van der Waals surface area contributed by atoms with E-state index in [-0.39, 0.29) is 50.1 Å². The highest BCUT2D eigenvalue weighted by Gasteiger charge is 2.34. The fourth-order valence-electron chi connectivity index (χ4n) is 3.62. The van der Waals surface area contributed by atoms with Gasteiger partial charge in [0.25, 0.3) is 16.1 Å². The van der Waals surface area contributed by atoms with Crippen LogP contribution in [0.1, 0.15) is 10.4 Å². The van der Waals surface area contributed by atoms with Crippen molar-refractivity contribution >= 4 is 26.1 Å². The first kappa shape index (κ1) is 25.0. The molecule has 0 saturated carbocycles. The number of rotatable bonds is 8. The third kappa shape index (κ3) is 5.84. The van der Waals surface area contributed by atoms with Crippen LogP contribution < -0.4 is 4.72 Å². The predicted octanol–water partition coefficient (Wildman–Crippen LogP) is -1.14. The van der Waals surface area contributed by atoms with Gasteiger partial charge in [-0.3, -0.25) is 4.79 Å². The van der Waals surface area contributed by atoms with E-state index in [0.29, 0.717) is 31.7 Å². The molecule has 0 spiro atoms. The minimum atomic E-state index is -3.67. The van der Waals surface area contributed by atoms with Gasteiger partial charge in [-0.1, -0.05) is 0 Å². The summed E-state index contributed by atoms with van der Waals surface area (Å²) in [6.07, 6.45) is 0. The summed E-state index contributed by atoms with van der Waals surface area (Å²) in [5.74, 6) is -0.252. The number of sulfonamides is 1. The van der Waals surface area contributed by atoms with E-state index in [1.54, 1.807) is 4.90 Å². The van der Waals surface area contributed by atoms with Crippen molar-refractivity contribution in [2.75, 3.05) is 79.7 Å². The van der Waals surface area contributed by atoms with Crippen molar-refractivity contribution in [3.8, 4) is 0 Å². The summed E-state index contributed by atoms with van der Waals surface area (Å²) in [6, 6.07) is 5.72. The molecule has 2 aliphatic rings. The van der Waals surface area contributed by atoms with Gasteiger partial charge in [-0.2, -0.15) is 17.0 Å². The Kier molecular flexibility index (Phi) is 8.25. The Hall–Kier alpha value is -1.61. The fraction of sp³-hybridized carbons (Fsp3) is 0.632. The number of carbonyl (C=O) groups is 1. The van der Waals surface area contributed by atoms with E-state index in [1.165, 1.54) is 40.0 Å². The van der Waals surface area contributed by atoms with Gasteiger partial charge >= 0.3 is 0 Å². The molecular weight excluding hydrogens is 458 g/mol. The Morgan fingerprint density at radius 2 is 1.44 bits per heavy atom. The van der Waals surface area contributed by atoms with E-state index in [1.807, 2.05) is 7.05 Å². The van der Waals surface area contributed by atoms with Crippen molar-refractivity contribution in [1.29, 1.82) is 0 Å². The molecule has 0 radical (unpaired) electrons. The third-order valence-corrected chi connectivity index (χ3v) is 9.16. The molecule has 180 valence electrons. The first-order valence-electron chi connectivity index (χ1n) is 10.5. The lowest BCUT2D eigenvalue weighted by Gasteiger charge is -2.39. The molecule has 0 aromatic heterocycles. The lowest BCUT2D eigenvalue weighted by Crippen LogP contribution is -2.57. The van der Waals surface area contributed by atoms with Crippen molar-refractivity contribution < 1.29 is 26.4 Å². The molecule has 0 atom stereocenters. The molecule has 13 heteroatoms. The van der Waals surface area contributed by atoms with E-state index < -0.39 is 20.2 Å². The van der Waals surface area contributed by atoms with Gasteiger partial charge in [0, 0.05) is 71.6 Å². The second kappa shape index (κ2) is 10.5. The molecule has 0 unspecified atom stereocenters. The molecule has 0 aliphatic carbocycles. The van der Waals surface area contributed by atoms with Crippen molar-refractivity contribution in [3.05, 3.63) is 29.8 Å². The predicted molar refractivity (Wildman–Crippen MR) is 119 cm³/mol. The zero-order chi connectivity index (χ0) is 23.4. The second-order valence-electron chi connectivity index (χ2n) is 7.82. The van der Waals surface area contributed by atoms with Crippen LogP contribution in [0.2, 0.25) is 0 Å². The molecule has 11 nitrogen and oxygen atoms in total. The normalized spacial score (nSPS) is 19.9. The molecule has 2 heterocycles. The molecule has 32 heavy (non-hydrogen) atoms. The molecule has 1 aromatic carbocycles. The first-order chi connectivity index (χ1) is 15.1. The maximum Gasteiger partial charge on any atom is 0.282 e. The van der Waals surface area contributed by atoms with Crippen molar-refractivity contribution in [1.82, 2.24) is 23.1 Å². The number of amides is 1. The second-order valence-corrected chi connectivity index (χ2v) is 11.5. The first-order valence-corrected chi connectivity index (χ1v) is 13.3.